The number of benzene rings is 1. The zero-order chi connectivity index (χ0) is 11.2. The van der Waals surface area contributed by atoms with E-state index in [1.807, 2.05) is 30.3 Å². The Morgan fingerprint density at radius 3 is 2.94 bits per heavy atom. The van der Waals surface area contributed by atoms with Crippen LogP contribution in [0.4, 0.5) is 0 Å². The highest BCUT2D eigenvalue weighted by atomic mass is 16.5. The molecule has 3 nitrogen and oxygen atoms in total. The van der Waals surface area contributed by atoms with Crippen molar-refractivity contribution >= 4 is 6.08 Å². The molecule has 1 atom stereocenters. The van der Waals surface area contributed by atoms with E-state index in [0.29, 0.717) is 11.3 Å². The lowest BCUT2D eigenvalue weighted by Crippen LogP contribution is -2.42. The molecule has 1 aromatic carbocycles. The predicted octanol–water partition coefficient (Wildman–Crippen LogP) is 1.56. The summed E-state index contributed by atoms with van der Waals surface area (Å²) >= 11 is 0. The van der Waals surface area contributed by atoms with Crippen molar-refractivity contribution in [2.75, 3.05) is 0 Å². The number of para-hydroxylation sites is 1. The first-order valence-electron chi connectivity index (χ1n) is 5.07. The molecule has 0 bridgehead atoms. The van der Waals surface area contributed by atoms with Crippen LogP contribution >= 0.6 is 0 Å². The van der Waals surface area contributed by atoms with Crippen LogP contribution in [-0.2, 0) is 0 Å². The molecule has 1 aliphatic carbocycles. The van der Waals surface area contributed by atoms with Crippen LogP contribution in [0.15, 0.2) is 53.8 Å². The third-order valence-corrected chi connectivity index (χ3v) is 2.73. The van der Waals surface area contributed by atoms with E-state index in [-0.39, 0.29) is 0 Å². The highest BCUT2D eigenvalue weighted by molar-refractivity contribution is 5.70. The van der Waals surface area contributed by atoms with Gasteiger partial charge in [0.2, 0.25) is 0 Å². The summed E-state index contributed by atoms with van der Waals surface area (Å²) in [6.45, 7) is 0. The molecule has 3 N–H and O–H groups in total. The maximum absolute atomic E-state index is 10.00. The number of fused-ring (bicyclic) bond motifs is 2. The fourth-order valence-corrected chi connectivity index (χ4v) is 1.90. The van der Waals surface area contributed by atoms with Crippen LogP contribution in [-0.4, -0.2) is 10.8 Å². The van der Waals surface area contributed by atoms with E-state index in [4.69, 9.17) is 10.5 Å². The van der Waals surface area contributed by atoms with E-state index in [1.165, 1.54) is 0 Å². The lowest BCUT2D eigenvalue weighted by molar-refractivity contribution is 0.132. The zero-order valence-electron chi connectivity index (χ0n) is 8.55. The number of rotatable bonds is 0. The van der Waals surface area contributed by atoms with Gasteiger partial charge in [0.1, 0.15) is 11.5 Å². The van der Waals surface area contributed by atoms with E-state index in [0.717, 1.165) is 11.3 Å². The first-order chi connectivity index (χ1) is 7.67. The van der Waals surface area contributed by atoms with Crippen molar-refractivity contribution in [3.05, 3.63) is 59.4 Å². The number of ether oxygens (including phenoxy) is 1. The average Bonchev–Trinajstić information content (AvgIpc) is 2.27. The number of aliphatic hydroxyl groups is 1. The van der Waals surface area contributed by atoms with Crippen molar-refractivity contribution in [3.8, 4) is 5.75 Å². The van der Waals surface area contributed by atoms with Crippen LogP contribution in [0.1, 0.15) is 5.56 Å². The molecule has 1 unspecified atom stereocenters. The maximum Gasteiger partial charge on any atom is 0.162 e. The summed E-state index contributed by atoms with van der Waals surface area (Å²) in [4.78, 5) is 0. The number of nitrogens with two attached hydrogens (primary N) is 1. The largest absolute Gasteiger partial charge is 0.456 e. The molecular weight excluding hydrogens is 202 g/mol. The molecule has 0 spiro atoms. The van der Waals surface area contributed by atoms with E-state index in [1.54, 1.807) is 18.2 Å². The van der Waals surface area contributed by atoms with Gasteiger partial charge in [-0.3, -0.25) is 5.73 Å². The Balaban J connectivity index is 2.19. The monoisotopic (exact) mass is 213 g/mol. The van der Waals surface area contributed by atoms with Gasteiger partial charge in [-0.25, -0.2) is 0 Å². The fourth-order valence-electron chi connectivity index (χ4n) is 1.90. The Hall–Kier alpha value is -1.84. The molecule has 2 aliphatic rings. The molecular formula is C13H11NO2. The van der Waals surface area contributed by atoms with Gasteiger partial charge in [0.25, 0.3) is 0 Å². The standard InChI is InChI=1S/C13H11NO2/c14-13(15)7-3-6-12-10(13)8-9-4-1-2-5-11(9)16-12/h1-8,15H,14H2. The second kappa shape index (κ2) is 3.07. The first kappa shape index (κ1) is 9.39. The summed E-state index contributed by atoms with van der Waals surface area (Å²) < 4.78 is 5.67. The highest BCUT2D eigenvalue weighted by Crippen LogP contribution is 2.36. The van der Waals surface area contributed by atoms with Crippen molar-refractivity contribution in [1.82, 2.24) is 0 Å². The molecule has 0 aromatic heterocycles. The van der Waals surface area contributed by atoms with Crippen LogP contribution in [0, 0.1) is 0 Å². The minimum absolute atomic E-state index is 0.591. The average molecular weight is 213 g/mol. The van der Waals surface area contributed by atoms with Crippen molar-refractivity contribution in [2.24, 2.45) is 5.73 Å². The van der Waals surface area contributed by atoms with E-state index in [2.05, 4.69) is 0 Å². The molecule has 1 aliphatic heterocycles. The molecule has 1 heterocycles. The summed E-state index contributed by atoms with van der Waals surface area (Å²) in [6.07, 6.45) is 6.89. The Kier molecular flexibility index (Phi) is 1.80. The first-order valence-corrected chi connectivity index (χ1v) is 5.07. The quantitative estimate of drug-likeness (QED) is 0.643. The van der Waals surface area contributed by atoms with Gasteiger partial charge in [-0.1, -0.05) is 24.3 Å². The van der Waals surface area contributed by atoms with Crippen LogP contribution in [0.2, 0.25) is 0 Å². The molecule has 1 aromatic rings. The topological polar surface area (TPSA) is 55.5 Å². The smallest absolute Gasteiger partial charge is 0.162 e. The number of hydrogen-bond acceptors (Lipinski definition) is 3. The van der Waals surface area contributed by atoms with E-state index >= 15 is 0 Å². The van der Waals surface area contributed by atoms with Gasteiger partial charge in [-0.2, -0.15) is 0 Å². The van der Waals surface area contributed by atoms with E-state index in [9.17, 15) is 5.11 Å². The second-order valence-electron chi connectivity index (χ2n) is 3.91. The fraction of sp³-hybridized carbons (Fsp3) is 0.0769. The third-order valence-electron chi connectivity index (χ3n) is 2.73. The van der Waals surface area contributed by atoms with Crippen LogP contribution in [0.3, 0.4) is 0 Å². The van der Waals surface area contributed by atoms with Gasteiger partial charge in [0.15, 0.2) is 5.72 Å². The van der Waals surface area contributed by atoms with Crippen LogP contribution in [0.25, 0.3) is 6.08 Å². The van der Waals surface area contributed by atoms with Gasteiger partial charge in [-0.05, 0) is 24.3 Å². The maximum atomic E-state index is 10.00. The molecule has 3 heteroatoms. The third kappa shape index (κ3) is 1.30. The van der Waals surface area contributed by atoms with Crippen molar-refractivity contribution in [1.29, 1.82) is 0 Å². The normalized spacial score (nSPS) is 26.1. The van der Waals surface area contributed by atoms with Gasteiger partial charge in [-0.15, -0.1) is 0 Å². The SMILES string of the molecule is NC1(O)C=CC=C2Oc3ccccc3C=C21. The molecule has 0 radical (unpaired) electrons. The van der Waals surface area contributed by atoms with Crippen LogP contribution in [0.5, 0.6) is 5.75 Å². The van der Waals surface area contributed by atoms with Crippen molar-refractivity contribution in [3.63, 3.8) is 0 Å². The van der Waals surface area contributed by atoms with Crippen molar-refractivity contribution < 1.29 is 9.84 Å². The Labute approximate surface area is 93.2 Å². The Morgan fingerprint density at radius 1 is 1.25 bits per heavy atom. The summed E-state index contributed by atoms with van der Waals surface area (Å²) in [5.74, 6) is 1.38. The molecule has 0 saturated heterocycles. The second-order valence-corrected chi connectivity index (χ2v) is 3.91. The van der Waals surface area contributed by atoms with Gasteiger partial charge < -0.3 is 9.84 Å². The summed E-state index contributed by atoms with van der Waals surface area (Å²) in [5.41, 5.74) is 5.84. The molecule has 0 fully saturated rings. The summed E-state index contributed by atoms with van der Waals surface area (Å²) in [7, 11) is 0. The molecule has 0 saturated carbocycles. The predicted molar refractivity (Wildman–Crippen MR) is 61.4 cm³/mol. The van der Waals surface area contributed by atoms with E-state index < -0.39 is 5.72 Å². The summed E-state index contributed by atoms with van der Waals surface area (Å²) in [5, 5.41) is 10.00. The zero-order valence-corrected chi connectivity index (χ0v) is 8.55. The number of allylic oxidation sites excluding steroid dienone is 2. The highest BCUT2D eigenvalue weighted by Gasteiger charge is 2.32. The summed E-state index contributed by atoms with van der Waals surface area (Å²) in [6, 6.07) is 7.64. The Morgan fingerprint density at radius 2 is 2.06 bits per heavy atom. The molecule has 3 rings (SSSR count). The minimum atomic E-state index is -1.45. The van der Waals surface area contributed by atoms with Gasteiger partial charge in [0.05, 0.1) is 0 Å². The molecule has 0 amide bonds. The van der Waals surface area contributed by atoms with Gasteiger partial charge in [0, 0.05) is 11.1 Å². The van der Waals surface area contributed by atoms with Crippen molar-refractivity contribution in [2.45, 2.75) is 5.72 Å². The Bertz CT molecular complexity index is 539. The van der Waals surface area contributed by atoms with Crippen LogP contribution < -0.4 is 10.5 Å². The van der Waals surface area contributed by atoms with Gasteiger partial charge >= 0.3 is 0 Å². The minimum Gasteiger partial charge on any atom is -0.456 e. The lowest BCUT2D eigenvalue weighted by Gasteiger charge is -2.30. The lowest BCUT2D eigenvalue weighted by atomic mass is 9.92. The molecule has 80 valence electrons. The molecule has 16 heavy (non-hydrogen) atoms. The number of hydrogen-bond donors (Lipinski definition) is 2.